The van der Waals surface area contributed by atoms with Gasteiger partial charge in [-0.05, 0) is 80.6 Å². The second kappa shape index (κ2) is 9.62. The molecule has 2 aliphatic rings. The fraction of sp³-hybridized carbons (Fsp3) is 0.387. The number of furan rings is 1. The number of hydrogen-bond donors (Lipinski definition) is 0. The Balaban J connectivity index is 1.01. The number of likely N-dealkylation sites (tertiary alicyclic amines) is 1. The smallest absolute Gasteiger partial charge is 0.253 e. The van der Waals surface area contributed by atoms with E-state index in [0.29, 0.717) is 30.8 Å². The van der Waals surface area contributed by atoms with Gasteiger partial charge in [0.25, 0.3) is 5.90 Å². The molecular formula is C31H34N2O3. The zero-order chi connectivity index (χ0) is 24.5. The number of fused-ring (bicyclic) bond motifs is 2. The standard InChI is InChI=1S/C31H34N2O3/c1-31(2)21-35-30(32-31)29-20-26-27(9-5-10-28(26)36-29)34-18-6-15-33-16-13-23(14-17-33)25-12-11-22-7-3-4-8-24(22)19-25/h3-5,7-12,19-20,23H,6,13-18,21H2,1-2H3. The third-order valence-electron chi connectivity index (χ3n) is 7.41. The minimum atomic E-state index is -0.211. The maximum atomic E-state index is 6.19. The second-order valence-corrected chi connectivity index (χ2v) is 10.7. The highest BCUT2D eigenvalue weighted by Gasteiger charge is 2.29. The molecule has 0 radical (unpaired) electrons. The normalized spacial score (nSPS) is 18.4. The van der Waals surface area contributed by atoms with Crippen LogP contribution in [-0.4, -0.2) is 49.2 Å². The molecule has 0 saturated carbocycles. The summed E-state index contributed by atoms with van der Waals surface area (Å²) in [7, 11) is 0. The first kappa shape index (κ1) is 23.1. The molecule has 1 saturated heterocycles. The van der Waals surface area contributed by atoms with E-state index < -0.39 is 0 Å². The molecule has 3 aromatic carbocycles. The summed E-state index contributed by atoms with van der Waals surface area (Å²) in [5.41, 5.74) is 2.08. The average Bonchev–Trinajstić information content (AvgIpc) is 3.50. The van der Waals surface area contributed by atoms with E-state index in [1.165, 1.54) is 29.2 Å². The molecule has 4 aromatic rings. The molecule has 2 aliphatic heterocycles. The van der Waals surface area contributed by atoms with Gasteiger partial charge in [-0.1, -0.05) is 48.5 Å². The van der Waals surface area contributed by atoms with Crippen molar-refractivity contribution in [3.8, 4) is 5.75 Å². The number of piperidine rings is 1. The van der Waals surface area contributed by atoms with Crippen LogP contribution in [0.2, 0.25) is 0 Å². The van der Waals surface area contributed by atoms with E-state index in [2.05, 4.69) is 66.2 Å². The topological polar surface area (TPSA) is 47.2 Å². The fourth-order valence-corrected chi connectivity index (χ4v) is 5.40. The third kappa shape index (κ3) is 4.85. The number of benzene rings is 3. The van der Waals surface area contributed by atoms with Crippen molar-refractivity contribution in [1.29, 1.82) is 0 Å². The summed E-state index contributed by atoms with van der Waals surface area (Å²) in [4.78, 5) is 7.21. The predicted molar refractivity (Wildman–Crippen MR) is 145 cm³/mol. The molecule has 5 nitrogen and oxygen atoms in total. The Labute approximate surface area is 212 Å². The van der Waals surface area contributed by atoms with E-state index in [-0.39, 0.29) is 5.54 Å². The molecule has 0 bridgehead atoms. The monoisotopic (exact) mass is 482 g/mol. The minimum Gasteiger partial charge on any atom is -0.493 e. The van der Waals surface area contributed by atoms with Crippen molar-refractivity contribution in [2.24, 2.45) is 4.99 Å². The SMILES string of the molecule is CC1(C)COC(c2cc3c(OCCCN4CCC(c5ccc6ccccc6c5)CC4)cccc3o2)=N1. The van der Waals surface area contributed by atoms with Crippen LogP contribution < -0.4 is 4.74 Å². The highest BCUT2D eigenvalue weighted by Crippen LogP contribution is 2.32. The minimum absolute atomic E-state index is 0.211. The van der Waals surface area contributed by atoms with Crippen LogP contribution in [0.25, 0.3) is 21.7 Å². The maximum Gasteiger partial charge on any atom is 0.253 e. The van der Waals surface area contributed by atoms with Crippen LogP contribution in [-0.2, 0) is 4.74 Å². The molecule has 0 amide bonds. The lowest BCUT2D eigenvalue weighted by Crippen LogP contribution is -2.34. The Hall–Kier alpha value is -3.31. The number of aliphatic imine (C=N–C) groups is 1. The number of ether oxygens (including phenoxy) is 2. The molecule has 0 spiro atoms. The summed E-state index contributed by atoms with van der Waals surface area (Å²) < 4.78 is 18.0. The van der Waals surface area contributed by atoms with Gasteiger partial charge in [-0.15, -0.1) is 0 Å². The van der Waals surface area contributed by atoms with Gasteiger partial charge in [-0.2, -0.15) is 0 Å². The van der Waals surface area contributed by atoms with E-state index in [1.54, 1.807) is 0 Å². The first-order chi connectivity index (χ1) is 17.5. The molecule has 0 N–H and O–H groups in total. The Kier molecular flexibility index (Phi) is 6.18. The van der Waals surface area contributed by atoms with Gasteiger partial charge in [-0.3, -0.25) is 0 Å². The molecule has 36 heavy (non-hydrogen) atoms. The van der Waals surface area contributed by atoms with Crippen molar-refractivity contribution in [1.82, 2.24) is 4.90 Å². The van der Waals surface area contributed by atoms with Crippen molar-refractivity contribution in [3.05, 3.63) is 78.1 Å². The van der Waals surface area contributed by atoms with E-state index in [4.69, 9.17) is 13.9 Å². The lowest BCUT2D eigenvalue weighted by molar-refractivity contribution is 0.193. The molecular weight excluding hydrogens is 448 g/mol. The first-order valence-corrected chi connectivity index (χ1v) is 13.1. The van der Waals surface area contributed by atoms with Gasteiger partial charge in [0.1, 0.15) is 17.9 Å². The van der Waals surface area contributed by atoms with Crippen molar-refractivity contribution in [2.75, 3.05) is 32.8 Å². The van der Waals surface area contributed by atoms with Gasteiger partial charge < -0.3 is 18.8 Å². The van der Waals surface area contributed by atoms with E-state index in [1.807, 2.05) is 24.3 Å². The molecule has 0 atom stereocenters. The third-order valence-corrected chi connectivity index (χ3v) is 7.41. The zero-order valence-electron chi connectivity index (χ0n) is 21.2. The Bertz CT molecular complexity index is 1400. The predicted octanol–water partition coefficient (Wildman–Crippen LogP) is 6.79. The van der Waals surface area contributed by atoms with Crippen LogP contribution in [0.4, 0.5) is 0 Å². The summed E-state index contributed by atoms with van der Waals surface area (Å²) in [5, 5.41) is 3.65. The highest BCUT2D eigenvalue weighted by atomic mass is 16.5. The van der Waals surface area contributed by atoms with Crippen molar-refractivity contribution < 1.29 is 13.9 Å². The van der Waals surface area contributed by atoms with E-state index in [9.17, 15) is 0 Å². The largest absolute Gasteiger partial charge is 0.493 e. The lowest BCUT2D eigenvalue weighted by atomic mass is 9.88. The number of nitrogens with zero attached hydrogens (tertiary/aromatic N) is 2. The van der Waals surface area contributed by atoms with E-state index >= 15 is 0 Å². The molecule has 0 unspecified atom stereocenters. The van der Waals surface area contributed by atoms with E-state index in [0.717, 1.165) is 42.8 Å². The fourth-order valence-electron chi connectivity index (χ4n) is 5.40. The molecule has 1 fully saturated rings. The van der Waals surface area contributed by atoms with Crippen LogP contribution >= 0.6 is 0 Å². The number of hydrogen-bond acceptors (Lipinski definition) is 5. The molecule has 6 rings (SSSR count). The van der Waals surface area contributed by atoms with Crippen LogP contribution in [0, 0.1) is 0 Å². The average molecular weight is 483 g/mol. The van der Waals surface area contributed by atoms with Gasteiger partial charge in [0.2, 0.25) is 0 Å². The van der Waals surface area contributed by atoms with Gasteiger partial charge in [0, 0.05) is 12.6 Å². The Morgan fingerprint density at radius 3 is 2.61 bits per heavy atom. The highest BCUT2D eigenvalue weighted by molar-refractivity contribution is 5.98. The van der Waals surface area contributed by atoms with Crippen LogP contribution in [0.15, 0.2) is 76.1 Å². The Morgan fingerprint density at radius 1 is 0.972 bits per heavy atom. The zero-order valence-corrected chi connectivity index (χ0v) is 21.2. The summed E-state index contributed by atoms with van der Waals surface area (Å²) in [6, 6.07) is 23.6. The van der Waals surface area contributed by atoms with Crippen molar-refractivity contribution in [2.45, 2.75) is 44.6 Å². The molecule has 5 heteroatoms. The summed E-state index contributed by atoms with van der Waals surface area (Å²) in [6.07, 6.45) is 3.45. The molecule has 186 valence electrons. The number of rotatable bonds is 7. The van der Waals surface area contributed by atoms with Crippen molar-refractivity contribution >= 4 is 27.6 Å². The van der Waals surface area contributed by atoms with Crippen LogP contribution in [0.1, 0.15) is 50.4 Å². The first-order valence-electron chi connectivity index (χ1n) is 13.1. The van der Waals surface area contributed by atoms with Gasteiger partial charge in [0.05, 0.1) is 17.5 Å². The van der Waals surface area contributed by atoms with Gasteiger partial charge in [-0.25, -0.2) is 4.99 Å². The molecule has 3 heterocycles. The van der Waals surface area contributed by atoms with Crippen molar-refractivity contribution in [3.63, 3.8) is 0 Å². The molecule has 0 aliphatic carbocycles. The van der Waals surface area contributed by atoms with Gasteiger partial charge in [0.15, 0.2) is 5.76 Å². The van der Waals surface area contributed by atoms with Crippen LogP contribution in [0.5, 0.6) is 5.75 Å². The second-order valence-electron chi connectivity index (χ2n) is 10.7. The summed E-state index contributed by atoms with van der Waals surface area (Å²) in [5.74, 6) is 2.76. The lowest BCUT2D eigenvalue weighted by Gasteiger charge is -2.32. The quantitative estimate of drug-likeness (QED) is 0.272. The van der Waals surface area contributed by atoms with Gasteiger partial charge >= 0.3 is 0 Å². The maximum absolute atomic E-state index is 6.19. The molecule has 1 aromatic heterocycles. The summed E-state index contributed by atoms with van der Waals surface area (Å²) in [6.45, 7) is 8.74. The summed E-state index contributed by atoms with van der Waals surface area (Å²) >= 11 is 0. The Morgan fingerprint density at radius 2 is 1.81 bits per heavy atom. The van der Waals surface area contributed by atoms with Crippen LogP contribution in [0.3, 0.4) is 0 Å².